The molecular formula is C23H40S. The van der Waals surface area contributed by atoms with Gasteiger partial charge in [-0.25, -0.2) is 0 Å². The Labute approximate surface area is 157 Å². The molecule has 2 unspecified atom stereocenters. The van der Waals surface area contributed by atoms with E-state index in [9.17, 15) is 0 Å². The first-order valence-corrected chi connectivity index (χ1v) is 10.8. The Kier molecular flexibility index (Phi) is 10.8. The molecule has 0 aliphatic carbocycles. The molecule has 0 fully saturated rings. The Bertz CT molecular complexity index is 409. The third-order valence-corrected chi connectivity index (χ3v) is 5.74. The van der Waals surface area contributed by atoms with E-state index in [0.29, 0.717) is 5.41 Å². The summed E-state index contributed by atoms with van der Waals surface area (Å²) in [6, 6.07) is 11.1. The average molecular weight is 349 g/mol. The van der Waals surface area contributed by atoms with Gasteiger partial charge in [0, 0.05) is 0 Å². The van der Waals surface area contributed by atoms with Gasteiger partial charge >= 0.3 is 0 Å². The van der Waals surface area contributed by atoms with Crippen molar-refractivity contribution in [1.29, 1.82) is 0 Å². The van der Waals surface area contributed by atoms with E-state index in [1.807, 2.05) is 0 Å². The Morgan fingerprint density at radius 2 is 1.67 bits per heavy atom. The van der Waals surface area contributed by atoms with Crippen molar-refractivity contribution in [1.82, 2.24) is 0 Å². The molecule has 0 spiro atoms. The Morgan fingerprint density at radius 1 is 0.958 bits per heavy atom. The molecule has 1 rings (SSSR count). The second-order valence-electron chi connectivity index (χ2n) is 8.45. The molecule has 0 saturated heterocycles. The van der Waals surface area contributed by atoms with Gasteiger partial charge in [0.25, 0.3) is 0 Å². The topological polar surface area (TPSA) is 0 Å². The van der Waals surface area contributed by atoms with E-state index in [1.54, 1.807) is 0 Å². The van der Waals surface area contributed by atoms with Gasteiger partial charge in [0.05, 0.1) is 0 Å². The van der Waals surface area contributed by atoms with Gasteiger partial charge < -0.3 is 0 Å². The van der Waals surface area contributed by atoms with Gasteiger partial charge in [-0.05, 0) is 67.1 Å². The summed E-state index contributed by atoms with van der Waals surface area (Å²) in [5.41, 5.74) is 2.03. The maximum atomic E-state index is 4.34. The van der Waals surface area contributed by atoms with E-state index >= 15 is 0 Å². The fourth-order valence-corrected chi connectivity index (χ4v) is 4.27. The number of hydrogen-bond acceptors (Lipinski definition) is 1. The van der Waals surface area contributed by atoms with Crippen molar-refractivity contribution in [2.45, 2.75) is 91.4 Å². The first-order chi connectivity index (χ1) is 11.5. The minimum Gasteiger partial charge on any atom is -0.179 e. The van der Waals surface area contributed by atoms with E-state index in [-0.39, 0.29) is 0 Å². The first kappa shape index (κ1) is 21.6. The maximum Gasteiger partial charge on any atom is -0.00978 e. The highest BCUT2D eigenvalue weighted by Crippen LogP contribution is 2.33. The maximum absolute atomic E-state index is 4.34. The van der Waals surface area contributed by atoms with Crippen LogP contribution in [0, 0.1) is 11.3 Å². The zero-order valence-electron chi connectivity index (χ0n) is 16.6. The van der Waals surface area contributed by atoms with Crippen LogP contribution < -0.4 is 0 Å². The molecule has 0 amide bonds. The normalized spacial score (nSPS) is 14.5. The van der Waals surface area contributed by atoms with Gasteiger partial charge in [-0.3, -0.25) is 0 Å². The summed E-state index contributed by atoms with van der Waals surface area (Å²) in [5, 5.41) is 0. The number of unbranched alkanes of at least 4 members (excludes halogenated alkanes) is 2. The van der Waals surface area contributed by atoms with Gasteiger partial charge in [-0.2, -0.15) is 12.6 Å². The van der Waals surface area contributed by atoms with Crippen molar-refractivity contribution < 1.29 is 0 Å². The van der Waals surface area contributed by atoms with Crippen molar-refractivity contribution in [2.75, 3.05) is 5.75 Å². The molecule has 1 heteroatoms. The summed E-state index contributed by atoms with van der Waals surface area (Å²) in [7, 11) is 0. The third-order valence-electron chi connectivity index (χ3n) is 5.43. The molecule has 24 heavy (non-hydrogen) atoms. The fraction of sp³-hybridized carbons (Fsp3) is 0.739. The monoisotopic (exact) mass is 348 g/mol. The molecule has 0 aliphatic heterocycles. The van der Waals surface area contributed by atoms with E-state index < -0.39 is 0 Å². The highest BCUT2D eigenvalue weighted by atomic mass is 32.1. The molecule has 1 aromatic carbocycles. The van der Waals surface area contributed by atoms with Crippen LogP contribution >= 0.6 is 12.6 Å². The highest BCUT2D eigenvalue weighted by Gasteiger charge is 2.20. The van der Waals surface area contributed by atoms with Crippen molar-refractivity contribution >= 4 is 12.6 Å². The molecule has 0 heterocycles. The SMILES string of the molecule is CCC(CCCCCC(C)(C)CC(C)CCCS)c1ccccc1. The quantitative estimate of drug-likeness (QED) is 0.272. The molecule has 0 aromatic heterocycles. The molecule has 0 saturated carbocycles. The Morgan fingerprint density at radius 3 is 2.29 bits per heavy atom. The van der Waals surface area contributed by atoms with Gasteiger partial charge in [0.15, 0.2) is 0 Å². The number of rotatable bonds is 13. The molecule has 0 N–H and O–H groups in total. The lowest BCUT2D eigenvalue weighted by atomic mass is 9.78. The summed E-state index contributed by atoms with van der Waals surface area (Å²) in [5.74, 6) is 2.63. The van der Waals surface area contributed by atoms with E-state index in [4.69, 9.17) is 0 Å². The minimum absolute atomic E-state index is 0.500. The van der Waals surface area contributed by atoms with E-state index in [1.165, 1.54) is 63.4 Å². The lowest BCUT2D eigenvalue weighted by molar-refractivity contribution is 0.240. The standard InChI is InChI=1S/C23H40S/c1-5-21(22-15-8-6-9-16-22)14-10-7-11-17-23(3,4)19-20(2)13-12-18-24/h6,8-9,15-16,20-21,24H,5,7,10-14,17-19H2,1-4H3. The summed E-state index contributed by atoms with van der Waals surface area (Å²) in [6.07, 6.45) is 12.1. The van der Waals surface area contributed by atoms with Crippen LogP contribution in [0.5, 0.6) is 0 Å². The van der Waals surface area contributed by atoms with E-state index in [0.717, 1.165) is 17.6 Å². The van der Waals surface area contributed by atoms with Crippen LogP contribution in [-0.4, -0.2) is 5.75 Å². The van der Waals surface area contributed by atoms with Gasteiger partial charge in [0.1, 0.15) is 0 Å². The van der Waals surface area contributed by atoms with Crippen molar-refractivity contribution in [3.8, 4) is 0 Å². The summed E-state index contributed by atoms with van der Waals surface area (Å²) >= 11 is 4.34. The zero-order chi connectivity index (χ0) is 17.8. The smallest absolute Gasteiger partial charge is 0.00978 e. The van der Waals surface area contributed by atoms with E-state index in [2.05, 4.69) is 70.7 Å². The van der Waals surface area contributed by atoms with Crippen LogP contribution in [0.2, 0.25) is 0 Å². The predicted molar refractivity (Wildman–Crippen MR) is 113 cm³/mol. The summed E-state index contributed by atoms with van der Waals surface area (Å²) < 4.78 is 0. The fourth-order valence-electron chi connectivity index (χ4n) is 4.09. The number of thiol groups is 1. The van der Waals surface area contributed by atoms with Crippen LogP contribution in [0.15, 0.2) is 30.3 Å². The van der Waals surface area contributed by atoms with Crippen molar-refractivity contribution in [3.05, 3.63) is 35.9 Å². The van der Waals surface area contributed by atoms with Gasteiger partial charge in [-0.1, -0.05) is 77.3 Å². The molecule has 0 aliphatic rings. The summed E-state index contributed by atoms with van der Waals surface area (Å²) in [6.45, 7) is 9.66. The van der Waals surface area contributed by atoms with Crippen LogP contribution in [0.1, 0.15) is 97.0 Å². The van der Waals surface area contributed by atoms with Gasteiger partial charge in [-0.15, -0.1) is 0 Å². The second-order valence-corrected chi connectivity index (χ2v) is 8.90. The van der Waals surface area contributed by atoms with Crippen LogP contribution in [0.4, 0.5) is 0 Å². The summed E-state index contributed by atoms with van der Waals surface area (Å²) in [4.78, 5) is 0. The van der Waals surface area contributed by atoms with Crippen molar-refractivity contribution in [2.24, 2.45) is 11.3 Å². The third kappa shape index (κ3) is 9.16. The molecule has 1 aromatic rings. The van der Waals surface area contributed by atoms with Gasteiger partial charge in [0.2, 0.25) is 0 Å². The molecule has 0 bridgehead atoms. The highest BCUT2D eigenvalue weighted by molar-refractivity contribution is 7.80. The lowest BCUT2D eigenvalue weighted by Gasteiger charge is -2.28. The molecular weight excluding hydrogens is 308 g/mol. The van der Waals surface area contributed by atoms with Crippen LogP contribution in [-0.2, 0) is 0 Å². The minimum atomic E-state index is 0.500. The molecule has 0 radical (unpaired) electrons. The first-order valence-electron chi connectivity index (χ1n) is 10.1. The number of hydrogen-bond donors (Lipinski definition) is 1. The Balaban J connectivity index is 2.22. The van der Waals surface area contributed by atoms with Crippen molar-refractivity contribution in [3.63, 3.8) is 0 Å². The molecule has 0 nitrogen and oxygen atoms in total. The largest absolute Gasteiger partial charge is 0.179 e. The average Bonchev–Trinajstić information content (AvgIpc) is 2.56. The lowest BCUT2D eigenvalue weighted by Crippen LogP contribution is -2.16. The molecule has 2 atom stereocenters. The zero-order valence-corrected chi connectivity index (χ0v) is 17.5. The van der Waals surface area contributed by atoms with Crippen LogP contribution in [0.25, 0.3) is 0 Å². The molecule has 138 valence electrons. The number of benzene rings is 1. The second kappa shape index (κ2) is 12.0. The van der Waals surface area contributed by atoms with Crippen LogP contribution in [0.3, 0.4) is 0 Å². The Hall–Kier alpha value is -0.430. The predicted octanol–water partition coefficient (Wildman–Crippen LogP) is 7.89.